The van der Waals surface area contributed by atoms with Crippen LogP contribution in [0.4, 0.5) is 0 Å². The van der Waals surface area contributed by atoms with Crippen LogP contribution >= 0.6 is 0 Å². The molecule has 1 aromatic heterocycles. The molecule has 0 saturated carbocycles. The van der Waals surface area contributed by atoms with Crippen LogP contribution < -0.4 is 10.5 Å². The maximum atomic E-state index is 5.51. The van der Waals surface area contributed by atoms with Gasteiger partial charge in [-0.3, -0.25) is 5.84 Å². The van der Waals surface area contributed by atoms with Crippen LogP contribution in [0.2, 0.25) is 0 Å². The minimum absolute atomic E-state index is 0.985. The topological polar surface area (TPSA) is 47.7 Å². The Morgan fingerprint density at radius 2 is 1.69 bits per heavy atom. The third kappa shape index (κ3) is 5.73. The average Bonchev–Trinajstić information content (AvgIpc) is 2.68. The number of nitrogens with zero attached hydrogens (tertiary/aromatic N) is 3. The van der Waals surface area contributed by atoms with Gasteiger partial charge >= 0.3 is 0 Å². The van der Waals surface area contributed by atoms with E-state index in [9.17, 15) is 0 Å². The van der Waals surface area contributed by atoms with Crippen molar-refractivity contribution in [2.75, 3.05) is 5.84 Å². The Balaban J connectivity index is 1.88. The van der Waals surface area contributed by atoms with E-state index < -0.39 is 0 Å². The second kappa shape index (κ2) is 8.13. The number of nitrogen functional groups attached to an aromatic ring is 1. The first-order valence-corrected chi connectivity index (χ1v) is 6.51. The molecule has 0 radical (unpaired) electrons. The highest BCUT2D eigenvalue weighted by Crippen LogP contribution is 2.08. The largest absolute Gasteiger partial charge is 0.289 e. The molecule has 92 valence electrons. The highest BCUT2D eigenvalue weighted by atomic mass is 15.4. The SMILES string of the molecule is CCCCCCCCCCn1c[n+](N)cn1. The summed E-state index contributed by atoms with van der Waals surface area (Å²) >= 11 is 0. The molecule has 0 bridgehead atoms. The Morgan fingerprint density at radius 1 is 1.06 bits per heavy atom. The molecular weight excluding hydrogens is 200 g/mol. The van der Waals surface area contributed by atoms with E-state index in [4.69, 9.17) is 5.84 Å². The van der Waals surface area contributed by atoms with Crippen molar-refractivity contribution >= 4 is 0 Å². The Bertz CT molecular complexity index is 270. The van der Waals surface area contributed by atoms with Gasteiger partial charge in [0.25, 0.3) is 6.33 Å². The molecule has 0 saturated heterocycles. The standard InChI is InChI=1S/C12H25N4/c1-2-3-4-5-6-7-8-9-10-16-12-15(13)11-14-16/h11-12H,2-10,13H2,1H3/q+1. The van der Waals surface area contributed by atoms with E-state index in [0.29, 0.717) is 0 Å². The van der Waals surface area contributed by atoms with Crippen LogP contribution in [-0.2, 0) is 6.54 Å². The van der Waals surface area contributed by atoms with Gasteiger partial charge in [0.1, 0.15) is 6.54 Å². The van der Waals surface area contributed by atoms with Crippen molar-refractivity contribution in [3.63, 3.8) is 0 Å². The summed E-state index contributed by atoms with van der Waals surface area (Å²) in [4.78, 5) is 0. The van der Waals surface area contributed by atoms with Gasteiger partial charge in [-0.25, -0.2) is 0 Å². The zero-order valence-corrected chi connectivity index (χ0v) is 10.4. The van der Waals surface area contributed by atoms with Gasteiger partial charge in [0, 0.05) is 5.10 Å². The summed E-state index contributed by atoms with van der Waals surface area (Å²) in [5.41, 5.74) is 0. The van der Waals surface area contributed by atoms with Crippen molar-refractivity contribution < 1.29 is 4.68 Å². The average molecular weight is 225 g/mol. The predicted molar refractivity (Wildman–Crippen MR) is 65.2 cm³/mol. The Kier molecular flexibility index (Phi) is 6.61. The summed E-state index contributed by atoms with van der Waals surface area (Å²) in [6, 6.07) is 0. The number of nitrogens with two attached hydrogens (primary N) is 1. The molecule has 1 aromatic rings. The number of aryl methyl sites for hydroxylation is 1. The van der Waals surface area contributed by atoms with Crippen molar-refractivity contribution in [2.24, 2.45) is 0 Å². The van der Waals surface area contributed by atoms with Crippen LogP contribution in [0.25, 0.3) is 0 Å². The molecule has 2 N–H and O–H groups in total. The molecule has 0 aliphatic carbocycles. The molecule has 0 atom stereocenters. The maximum absolute atomic E-state index is 5.51. The number of hydrogen-bond donors (Lipinski definition) is 1. The van der Waals surface area contributed by atoms with Gasteiger partial charge in [0.15, 0.2) is 0 Å². The molecule has 0 aliphatic rings. The van der Waals surface area contributed by atoms with E-state index in [1.807, 2.05) is 11.0 Å². The van der Waals surface area contributed by atoms with Gasteiger partial charge in [-0.15, -0.1) is 9.36 Å². The first-order chi connectivity index (χ1) is 7.83. The maximum Gasteiger partial charge on any atom is 0.286 e. The lowest BCUT2D eigenvalue weighted by atomic mass is 10.1. The lowest BCUT2D eigenvalue weighted by Crippen LogP contribution is -2.42. The zero-order valence-electron chi connectivity index (χ0n) is 10.4. The number of aromatic nitrogens is 3. The van der Waals surface area contributed by atoms with E-state index >= 15 is 0 Å². The van der Waals surface area contributed by atoms with Crippen LogP contribution in [0.3, 0.4) is 0 Å². The minimum atomic E-state index is 0.985. The van der Waals surface area contributed by atoms with Crippen molar-refractivity contribution in [1.82, 2.24) is 9.78 Å². The lowest BCUT2D eigenvalue weighted by molar-refractivity contribution is -0.639. The third-order valence-corrected chi connectivity index (χ3v) is 2.84. The second-order valence-corrected chi connectivity index (χ2v) is 4.43. The third-order valence-electron chi connectivity index (χ3n) is 2.84. The lowest BCUT2D eigenvalue weighted by Gasteiger charge is -1.99. The predicted octanol–water partition coefficient (Wildman–Crippen LogP) is 2.03. The summed E-state index contributed by atoms with van der Waals surface area (Å²) in [7, 11) is 0. The highest BCUT2D eigenvalue weighted by Gasteiger charge is 2.01. The molecule has 0 unspecified atom stereocenters. The van der Waals surface area contributed by atoms with Gasteiger partial charge in [-0.2, -0.15) is 0 Å². The molecule has 0 spiro atoms. The molecule has 1 heterocycles. The van der Waals surface area contributed by atoms with E-state index in [-0.39, 0.29) is 0 Å². The molecule has 4 heteroatoms. The van der Waals surface area contributed by atoms with Gasteiger partial charge < -0.3 is 0 Å². The Hall–Kier alpha value is -1.06. The highest BCUT2D eigenvalue weighted by molar-refractivity contribution is 4.49. The van der Waals surface area contributed by atoms with Crippen molar-refractivity contribution in [1.29, 1.82) is 0 Å². The van der Waals surface area contributed by atoms with Gasteiger partial charge in [0.05, 0.1) is 0 Å². The first kappa shape index (κ1) is 13.0. The fraction of sp³-hybridized carbons (Fsp3) is 0.833. The molecule has 0 amide bonds. The summed E-state index contributed by atoms with van der Waals surface area (Å²) in [5.74, 6) is 5.51. The first-order valence-electron chi connectivity index (χ1n) is 6.51. The number of unbranched alkanes of at least 4 members (excludes halogenated alkanes) is 7. The van der Waals surface area contributed by atoms with E-state index in [1.54, 1.807) is 6.33 Å². The summed E-state index contributed by atoms with van der Waals surface area (Å²) < 4.78 is 3.39. The van der Waals surface area contributed by atoms with Gasteiger partial charge in [-0.05, 0) is 6.42 Å². The Morgan fingerprint density at radius 3 is 2.25 bits per heavy atom. The van der Waals surface area contributed by atoms with Crippen molar-refractivity contribution in [3.8, 4) is 0 Å². The Labute approximate surface area is 98.4 Å². The summed E-state index contributed by atoms with van der Waals surface area (Å²) in [5, 5.41) is 4.13. The van der Waals surface area contributed by atoms with Crippen LogP contribution in [0.1, 0.15) is 58.3 Å². The van der Waals surface area contributed by atoms with Crippen LogP contribution in [0.5, 0.6) is 0 Å². The van der Waals surface area contributed by atoms with E-state index in [1.165, 1.54) is 56.0 Å². The van der Waals surface area contributed by atoms with Gasteiger partial charge in [-0.1, -0.05) is 51.9 Å². The smallest absolute Gasteiger partial charge is 0.286 e. The fourth-order valence-corrected chi connectivity index (χ4v) is 1.86. The molecule has 4 nitrogen and oxygen atoms in total. The van der Waals surface area contributed by atoms with E-state index in [2.05, 4.69) is 12.0 Å². The molecular formula is C12H25N4+. The number of hydrogen-bond acceptors (Lipinski definition) is 2. The van der Waals surface area contributed by atoms with Crippen LogP contribution in [0, 0.1) is 0 Å². The normalized spacial score (nSPS) is 10.8. The number of rotatable bonds is 9. The fourth-order valence-electron chi connectivity index (χ4n) is 1.86. The quantitative estimate of drug-likeness (QED) is 0.397. The van der Waals surface area contributed by atoms with Crippen molar-refractivity contribution in [3.05, 3.63) is 12.7 Å². The molecule has 0 aliphatic heterocycles. The second-order valence-electron chi connectivity index (χ2n) is 4.43. The van der Waals surface area contributed by atoms with E-state index in [0.717, 1.165) is 6.54 Å². The minimum Gasteiger partial charge on any atom is -0.289 e. The van der Waals surface area contributed by atoms with Crippen LogP contribution in [0.15, 0.2) is 12.7 Å². The molecule has 0 aromatic carbocycles. The summed E-state index contributed by atoms with van der Waals surface area (Å²) in [6.45, 7) is 3.24. The monoisotopic (exact) mass is 225 g/mol. The van der Waals surface area contributed by atoms with Crippen LogP contribution in [-0.4, -0.2) is 9.78 Å². The van der Waals surface area contributed by atoms with Crippen molar-refractivity contribution in [2.45, 2.75) is 64.8 Å². The zero-order chi connectivity index (χ0) is 11.6. The summed E-state index contributed by atoms with van der Waals surface area (Å²) in [6.07, 6.45) is 14.2. The molecule has 1 rings (SSSR count). The van der Waals surface area contributed by atoms with Gasteiger partial charge in [0.2, 0.25) is 6.33 Å². The molecule has 0 fully saturated rings. The molecule has 16 heavy (non-hydrogen) atoms.